The van der Waals surface area contributed by atoms with Crippen molar-refractivity contribution in [2.45, 2.75) is 0 Å². The number of rotatable bonds is 3. The third-order valence-corrected chi connectivity index (χ3v) is 5.06. The van der Waals surface area contributed by atoms with Crippen LogP contribution in [0.4, 0.5) is 5.13 Å². The van der Waals surface area contributed by atoms with Gasteiger partial charge in [-0.05, 0) is 65.1 Å². The Morgan fingerprint density at radius 3 is 2.68 bits per heavy atom. The van der Waals surface area contributed by atoms with E-state index in [1.54, 1.807) is 12.1 Å². The molecule has 0 aliphatic rings. The predicted molar refractivity (Wildman–Crippen MR) is 115 cm³/mol. The lowest BCUT2D eigenvalue weighted by molar-refractivity contribution is 0.0977. The highest BCUT2D eigenvalue weighted by molar-refractivity contribution is 14.1. The molecule has 4 nitrogen and oxygen atoms in total. The summed E-state index contributed by atoms with van der Waals surface area (Å²) in [6.07, 6.45) is 0. The Morgan fingerprint density at radius 2 is 1.96 bits per heavy atom. The van der Waals surface area contributed by atoms with Gasteiger partial charge in [-0.2, -0.15) is 0 Å². The van der Waals surface area contributed by atoms with Gasteiger partial charge in [0.05, 0.1) is 5.69 Å². The van der Waals surface area contributed by atoms with Gasteiger partial charge in [0.25, 0.3) is 5.91 Å². The van der Waals surface area contributed by atoms with Crippen LogP contribution in [0.2, 0.25) is 5.02 Å². The van der Waals surface area contributed by atoms with Crippen LogP contribution in [0.3, 0.4) is 0 Å². The molecule has 25 heavy (non-hydrogen) atoms. The third-order valence-electron chi connectivity index (χ3n) is 3.18. The maximum absolute atomic E-state index is 12.2. The summed E-state index contributed by atoms with van der Waals surface area (Å²) in [5.41, 5.74) is 2.33. The van der Waals surface area contributed by atoms with E-state index < -0.39 is 0 Å². The van der Waals surface area contributed by atoms with Crippen LogP contribution in [-0.4, -0.2) is 16.0 Å². The molecule has 0 bridgehead atoms. The highest BCUT2D eigenvalue weighted by Gasteiger charge is 2.10. The number of benzene rings is 2. The minimum atomic E-state index is -0.259. The van der Waals surface area contributed by atoms with Crippen LogP contribution in [0, 0.1) is 3.57 Å². The van der Waals surface area contributed by atoms with Gasteiger partial charge >= 0.3 is 0 Å². The third kappa shape index (κ3) is 4.97. The van der Waals surface area contributed by atoms with Gasteiger partial charge in [0.2, 0.25) is 0 Å². The van der Waals surface area contributed by atoms with Crippen LogP contribution >= 0.6 is 57.7 Å². The van der Waals surface area contributed by atoms with Crippen molar-refractivity contribution in [3.63, 3.8) is 0 Å². The zero-order valence-electron chi connectivity index (χ0n) is 12.6. The number of nitrogens with one attached hydrogen (secondary N) is 2. The molecule has 1 aromatic heterocycles. The molecule has 1 amide bonds. The number of aromatic nitrogens is 1. The second kappa shape index (κ2) is 8.22. The van der Waals surface area contributed by atoms with E-state index in [0.717, 1.165) is 14.8 Å². The summed E-state index contributed by atoms with van der Waals surface area (Å²) in [7, 11) is 0. The second-order valence-electron chi connectivity index (χ2n) is 4.96. The number of thiocarbonyl (C=S) groups is 1. The van der Waals surface area contributed by atoms with E-state index in [1.807, 2.05) is 41.8 Å². The van der Waals surface area contributed by atoms with Crippen LogP contribution in [0.15, 0.2) is 53.9 Å². The topological polar surface area (TPSA) is 54.0 Å². The number of carbonyl (C=O) groups excluding carboxylic acids is 1. The Kier molecular flexibility index (Phi) is 6.00. The zero-order valence-corrected chi connectivity index (χ0v) is 17.2. The van der Waals surface area contributed by atoms with Crippen molar-refractivity contribution < 1.29 is 4.79 Å². The number of anilines is 1. The molecule has 0 saturated heterocycles. The summed E-state index contributed by atoms with van der Waals surface area (Å²) in [6.45, 7) is 0. The molecule has 3 aromatic rings. The molecule has 0 aliphatic heterocycles. The molecule has 2 N–H and O–H groups in total. The standard InChI is InChI=1S/C17H11ClIN3OS2/c18-12-6-4-10(5-7-12)14-9-25-17(20-14)22-16(24)21-15(23)11-2-1-3-13(19)8-11/h1-9H,(H2,20,21,22,23,24). The molecular formula is C17H11ClIN3OS2. The molecule has 0 fully saturated rings. The summed E-state index contributed by atoms with van der Waals surface area (Å²) in [4.78, 5) is 16.7. The van der Waals surface area contributed by atoms with Crippen molar-refractivity contribution in [3.05, 3.63) is 68.1 Å². The molecular weight excluding hydrogens is 489 g/mol. The molecule has 0 spiro atoms. The highest BCUT2D eigenvalue weighted by Crippen LogP contribution is 2.25. The molecule has 0 radical (unpaired) electrons. The minimum absolute atomic E-state index is 0.209. The van der Waals surface area contributed by atoms with Crippen molar-refractivity contribution in [2.24, 2.45) is 0 Å². The summed E-state index contributed by atoms with van der Waals surface area (Å²) in [5.74, 6) is -0.259. The monoisotopic (exact) mass is 499 g/mol. The van der Waals surface area contributed by atoms with Crippen molar-refractivity contribution in [2.75, 3.05) is 5.32 Å². The van der Waals surface area contributed by atoms with E-state index in [4.69, 9.17) is 23.8 Å². The number of thiazole rings is 1. The summed E-state index contributed by atoms with van der Waals surface area (Å²) in [5, 5.41) is 9.00. The summed E-state index contributed by atoms with van der Waals surface area (Å²) < 4.78 is 0.983. The van der Waals surface area contributed by atoms with Crippen LogP contribution < -0.4 is 10.6 Å². The first kappa shape index (κ1) is 18.2. The van der Waals surface area contributed by atoms with Gasteiger partial charge < -0.3 is 5.32 Å². The average Bonchev–Trinajstić information content (AvgIpc) is 3.03. The first-order valence-corrected chi connectivity index (χ1v) is 9.85. The molecule has 8 heteroatoms. The maximum Gasteiger partial charge on any atom is 0.257 e. The van der Waals surface area contributed by atoms with E-state index in [-0.39, 0.29) is 11.0 Å². The number of nitrogens with zero attached hydrogens (tertiary/aromatic N) is 1. The number of halogens is 2. The predicted octanol–water partition coefficient (Wildman–Crippen LogP) is 5.19. The number of hydrogen-bond acceptors (Lipinski definition) is 4. The van der Waals surface area contributed by atoms with Crippen LogP contribution in [0.1, 0.15) is 10.4 Å². The van der Waals surface area contributed by atoms with E-state index in [1.165, 1.54) is 11.3 Å². The maximum atomic E-state index is 12.2. The zero-order chi connectivity index (χ0) is 17.8. The fourth-order valence-electron chi connectivity index (χ4n) is 2.02. The van der Waals surface area contributed by atoms with E-state index >= 15 is 0 Å². The normalized spacial score (nSPS) is 10.3. The SMILES string of the molecule is O=C(NC(=S)Nc1nc(-c2ccc(Cl)cc2)cs1)c1cccc(I)c1. The molecule has 3 rings (SSSR count). The molecule has 0 unspecified atom stereocenters. The van der Waals surface area contributed by atoms with E-state index in [0.29, 0.717) is 15.7 Å². The van der Waals surface area contributed by atoms with Crippen molar-refractivity contribution >= 4 is 73.9 Å². The Morgan fingerprint density at radius 1 is 1.20 bits per heavy atom. The first-order chi connectivity index (χ1) is 12.0. The second-order valence-corrected chi connectivity index (χ2v) is 7.91. The van der Waals surface area contributed by atoms with Gasteiger partial charge in [-0.25, -0.2) is 4.98 Å². The smallest absolute Gasteiger partial charge is 0.257 e. The molecule has 1 heterocycles. The molecule has 0 saturated carbocycles. The summed E-state index contributed by atoms with van der Waals surface area (Å²) >= 11 is 14.6. The van der Waals surface area contributed by atoms with Crippen LogP contribution in [0.25, 0.3) is 11.3 Å². The lowest BCUT2D eigenvalue weighted by Gasteiger charge is -2.07. The van der Waals surface area contributed by atoms with Gasteiger partial charge in [-0.15, -0.1) is 11.3 Å². The van der Waals surface area contributed by atoms with Gasteiger partial charge in [-0.1, -0.05) is 29.8 Å². The van der Waals surface area contributed by atoms with Gasteiger partial charge in [0.1, 0.15) is 0 Å². The van der Waals surface area contributed by atoms with Crippen molar-refractivity contribution in [1.82, 2.24) is 10.3 Å². The Bertz CT molecular complexity index is 928. The van der Waals surface area contributed by atoms with E-state index in [9.17, 15) is 4.79 Å². The van der Waals surface area contributed by atoms with Gasteiger partial charge in [-0.3, -0.25) is 10.1 Å². The first-order valence-electron chi connectivity index (χ1n) is 7.10. The molecule has 0 aliphatic carbocycles. The molecule has 0 atom stereocenters. The lowest BCUT2D eigenvalue weighted by atomic mass is 10.2. The van der Waals surface area contributed by atoms with Crippen molar-refractivity contribution in [3.8, 4) is 11.3 Å². The fraction of sp³-hybridized carbons (Fsp3) is 0. The van der Waals surface area contributed by atoms with Crippen LogP contribution in [-0.2, 0) is 0 Å². The fourth-order valence-corrected chi connectivity index (χ4v) is 3.66. The summed E-state index contributed by atoms with van der Waals surface area (Å²) in [6, 6.07) is 14.7. The quantitative estimate of drug-likeness (QED) is 0.384. The lowest BCUT2D eigenvalue weighted by Crippen LogP contribution is -2.34. The molecule has 2 aromatic carbocycles. The number of carbonyl (C=O) groups is 1. The van der Waals surface area contributed by atoms with Gasteiger partial charge in [0.15, 0.2) is 10.2 Å². The average molecular weight is 500 g/mol. The number of hydrogen-bond donors (Lipinski definition) is 2. The van der Waals surface area contributed by atoms with Gasteiger partial charge in [0, 0.05) is 25.1 Å². The molecule has 126 valence electrons. The highest BCUT2D eigenvalue weighted by atomic mass is 127. The largest absolute Gasteiger partial charge is 0.308 e. The van der Waals surface area contributed by atoms with E-state index in [2.05, 4.69) is 38.2 Å². The minimum Gasteiger partial charge on any atom is -0.308 e. The van der Waals surface area contributed by atoms with Crippen molar-refractivity contribution in [1.29, 1.82) is 0 Å². The number of amides is 1. The Balaban J connectivity index is 1.63. The van der Waals surface area contributed by atoms with Crippen LogP contribution in [0.5, 0.6) is 0 Å². The Hall–Kier alpha value is -1.55. The Labute approximate surface area is 172 Å².